The van der Waals surface area contributed by atoms with Gasteiger partial charge in [-0.3, -0.25) is 0 Å². The van der Waals surface area contributed by atoms with Gasteiger partial charge in [0.2, 0.25) is 0 Å². The molecule has 1 heterocycles. The van der Waals surface area contributed by atoms with Gasteiger partial charge in [0.25, 0.3) is 0 Å². The van der Waals surface area contributed by atoms with Crippen LogP contribution in [0.3, 0.4) is 0 Å². The molecule has 4 nitrogen and oxygen atoms in total. The van der Waals surface area contributed by atoms with Crippen molar-refractivity contribution < 1.29 is 4.74 Å². The SMILES string of the molecule is CNC(Cn1cnc(C)c1C)c1ccccc1OC. The van der Waals surface area contributed by atoms with Crippen LogP contribution in [-0.2, 0) is 6.54 Å². The Hall–Kier alpha value is -1.81. The molecule has 0 amide bonds. The second-order valence-electron chi connectivity index (χ2n) is 4.65. The molecule has 0 aliphatic heterocycles. The summed E-state index contributed by atoms with van der Waals surface area (Å²) in [7, 11) is 3.67. The van der Waals surface area contributed by atoms with Crippen molar-refractivity contribution in [3.8, 4) is 5.75 Å². The normalized spacial score (nSPS) is 12.4. The van der Waals surface area contributed by atoms with Gasteiger partial charge in [-0.25, -0.2) is 4.98 Å². The van der Waals surface area contributed by atoms with Crippen LogP contribution in [0.4, 0.5) is 0 Å². The lowest BCUT2D eigenvalue weighted by molar-refractivity contribution is 0.394. The van der Waals surface area contributed by atoms with Crippen molar-refractivity contribution in [2.24, 2.45) is 0 Å². The fraction of sp³-hybridized carbons (Fsp3) is 0.400. The van der Waals surface area contributed by atoms with Crippen molar-refractivity contribution in [1.29, 1.82) is 0 Å². The molecular formula is C15H21N3O. The number of nitrogens with zero attached hydrogens (tertiary/aromatic N) is 2. The highest BCUT2D eigenvalue weighted by molar-refractivity contribution is 5.35. The summed E-state index contributed by atoms with van der Waals surface area (Å²) in [5.41, 5.74) is 3.45. The number of rotatable bonds is 5. The van der Waals surface area contributed by atoms with E-state index < -0.39 is 0 Å². The Balaban J connectivity index is 2.27. The van der Waals surface area contributed by atoms with Gasteiger partial charge < -0.3 is 14.6 Å². The number of likely N-dealkylation sites (N-methyl/N-ethyl adjacent to an activating group) is 1. The number of benzene rings is 1. The first-order valence-corrected chi connectivity index (χ1v) is 6.46. The summed E-state index contributed by atoms with van der Waals surface area (Å²) in [4.78, 5) is 4.34. The van der Waals surface area contributed by atoms with Gasteiger partial charge in [-0.1, -0.05) is 18.2 Å². The average molecular weight is 259 g/mol. The molecule has 0 fully saturated rings. The summed E-state index contributed by atoms with van der Waals surface area (Å²) >= 11 is 0. The Labute approximate surface area is 114 Å². The fourth-order valence-corrected chi connectivity index (χ4v) is 2.22. The topological polar surface area (TPSA) is 39.1 Å². The summed E-state index contributed by atoms with van der Waals surface area (Å²) in [5, 5.41) is 3.35. The fourth-order valence-electron chi connectivity index (χ4n) is 2.22. The van der Waals surface area contributed by atoms with E-state index >= 15 is 0 Å². The highest BCUT2D eigenvalue weighted by Crippen LogP contribution is 2.26. The van der Waals surface area contributed by atoms with Crippen LogP contribution in [0.1, 0.15) is 23.0 Å². The number of methoxy groups -OCH3 is 1. The van der Waals surface area contributed by atoms with Gasteiger partial charge >= 0.3 is 0 Å². The second kappa shape index (κ2) is 5.89. The van der Waals surface area contributed by atoms with Crippen LogP contribution in [0.2, 0.25) is 0 Å². The molecule has 2 rings (SSSR count). The number of imidazole rings is 1. The monoisotopic (exact) mass is 259 g/mol. The molecule has 0 bridgehead atoms. The zero-order valence-electron chi connectivity index (χ0n) is 12.0. The summed E-state index contributed by atoms with van der Waals surface area (Å²) < 4.78 is 7.61. The number of hydrogen-bond donors (Lipinski definition) is 1. The Morgan fingerprint density at radius 1 is 1.32 bits per heavy atom. The molecule has 2 aromatic rings. The molecule has 4 heteroatoms. The van der Waals surface area contributed by atoms with Crippen molar-refractivity contribution in [3.05, 3.63) is 47.5 Å². The minimum Gasteiger partial charge on any atom is -0.496 e. The van der Waals surface area contributed by atoms with E-state index in [4.69, 9.17) is 4.74 Å². The average Bonchev–Trinajstić information content (AvgIpc) is 2.76. The molecule has 0 aliphatic carbocycles. The zero-order valence-corrected chi connectivity index (χ0v) is 12.0. The number of nitrogens with one attached hydrogen (secondary N) is 1. The van der Waals surface area contributed by atoms with Gasteiger partial charge in [0.1, 0.15) is 5.75 Å². The molecule has 1 unspecified atom stereocenters. The maximum Gasteiger partial charge on any atom is 0.123 e. The maximum absolute atomic E-state index is 5.44. The van der Waals surface area contributed by atoms with Gasteiger partial charge in [0, 0.05) is 17.8 Å². The van der Waals surface area contributed by atoms with Crippen LogP contribution in [-0.4, -0.2) is 23.7 Å². The predicted octanol–water partition coefficient (Wildman–Crippen LogP) is 2.47. The number of para-hydroxylation sites is 1. The summed E-state index contributed by atoms with van der Waals surface area (Å²) in [6.45, 7) is 4.96. The molecule has 102 valence electrons. The second-order valence-corrected chi connectivity index (χ2v) is 4.65. The molecule has 0 saturated carbocycles. The zero-order chi connectivity index (χ0) is 13.8. The lowest BCUT2D eigenvalue weighted by Crippen LogP contribution is -2.22. The third kappa shape index (κ3) is 2.79. The lowest BCUT2D eigenvalue weighted by atomic mass is 10.1. The molecule has 19 heavy (non-hydrogen) atoms. The van der Waals surface area contributed by atoms with Gasteiger partial charge in [0.05, 0.1) is 25.2 Å². The minimum absolute atomic E-state index is 0.198. The smallest absolute Gasteiger partial charge is 0.123 e. The summed E-state index contributed by atoms with van der Waals surface area (Å²) in [6, 6.07) is 8.31. The van der Waals surface area contributed by atoms with E-state index in [2.05, 4.69) is 27.9 Å². The predicted molar refractivity (Wildman–Crippen MR) is 76.5 cm³/mol. The first kappa shape index (κ1) is 13.6. The van der Waals surface area contributed by atoms with Gasteiger partial charge in [0.15, 0.2) is 0 Å². The molecule has 1 aromatic carbocycles. The standard InChI is InChI=1S/C15H21N3O/c1-11-12(2)18(10-17-11)9-14(16-3)13-7-5-6-8-15(13)19-4/h5-8,10,14,16H,9H2,1-4H3. The molecule has 0 spiro atoms. The number of aromatic nitrogens is 2. The largest absolute Gasteiger partial charge is 0.496 e. The first-order chi connectivity index (χ1) is 9.17. The molecule has 0 radical (unpaired) electrons. The minimum atomic E-state index is 0.198. The van der Waals surface area contributed by atoms with E-state index in [1.807, 2.05) is 38.5 Å². The van der Waals surface area contributed by atoms with Gasteiger partial charge in [-0.15, -0.1) is 0 Å². The maximum atomic E-state index is 5.44. The van der Waals surface area contributed by atoms with Crippen molar-refractivity contribution in [2.75, 3.05) is 14.2 Å². The molecule has 0 aliphatic rings. The van der Waals surface area contributed by atoms with E-state index in [0.717, 1.165) is 18.0 Å². The Kier molecular flexibility index (Phi) is 4.22. The van der Waals surface area contributed by atoms with Crippen molar-refractivity contribution in [2.45, 2.75) is 26.4 Å². The van der Waals surface area contributed by atoms with E-state index in [9.17, 15) is 0 Å². The summed E-state index contributed by atoms with van der Waals surface area (Å²) in [6.07, 6.45) is 1.89. The summed E-state index contributed by atoms with van der Waals surface area (Å²) in [5.74, 6) is 0.913. The van der Waals surface area contributed by atoms with Crippen molar-refractivity contribution >= 4 is 0 Å². The molecule has 1 N–H and O–H groups in total. The van der Waals surface area contributed by atoms with Crippen LogP contribution >= 0.6 is 0 Å². The Morgan fingerprint density at radius 2 is 2.05 bits per heavy atom. The Morgan fingerprint density at radius 3 is 2.63 bits per heavy atom. The number of ether oxygens (including phenoxy) is 1. The quantitative estimate of drug-likeness (QED) is 0.896. The molecular weight excluding hydrogens is 238 g/mol. The van der Waals surface area contributed by atoms with Crippen LogP contribution in [0, 0.1) is 13.8 Å². The van der Waals surface area contributed by atoms with Crippen LogP contribution < -0.4 is 10.1 Å². The van der Waals surface area contributed by atoms with E-state index in [-0.39, 0.29) is 6.04 Å². The van der Waals surface area contributed by atoms with Crippen LogP contribution in [0.15, 0.2) is 30.6 Å². The van der Waals surface area contributed by atoms with E-state index in [1.54, 1.807) is 7.11 Å². The third-order valence-corrected chi connectivity index (χ3v) is 3.59. The highest BCUT2D eigenvalue weighted by Gasteiger charge is 2.15. The van der Waals surface area contributed by atoms with Crippen molar-refractivity contribution in [3.63, 3.8) is 0 Å². The Bertz CT molecular complexity index is 548. The molecule has 1 atom stereocenters. The first-order valence-electron chi connectivity index (χ1n) is 6.46. The van der Waals surface area contributed by atoms with E-state index in [0.29, 0.717) is 0 Å². The van der Waals surface area contributed by atoms with Crippen LogP contribution in [0.5, 0.6) is 5.75 Å². The number of aryl methyl sites for hydroxylation is 1. The number of hydrogen-bond acceptors (Lipinski definition) is 3. The molecule has 0 saturated heterocycles. The van der Waals surface area contributed by atoms with Crippen molar-refractivity contribution in [1.82, 2.24) is 14.9 Å². The van der Waals surface area contributed by atoms with Gasteiger partial charge in [-0.2, -0.15) is 0 Å². The highest BCUT2D eigenvalue weighted by atomic mass is 16.5. The van der Waals surface area contributed by atoms with Crippen LogP contribution in [0.25, 0.3) is 0 Å². The lowest BCUT2D eigenvalue weighted by Gasteiger charge is -2.20. The van der Waals surface area contributed by atoms with Gasteiger partial charge in [-0.05, 0) is 27.0 Å². The third-order valence-electron chi connectivity index (χ3n) is 3.59. The molecule has 1 aromatic heterocycles. The van der Waals surface area contributed by atoms with E-state index in [1.165, 1.54) is 11.3 Å².